The van der Waals surface area contributed by atoms with Crippen LogP contribution in [0.3, 0.4) is 0 Å². The molecule has 5 nitrogen and oxygen atoms in total. The highest BCUT2D eigenvalue weighted by atomic mass is 17.1. The van der Waals surface area contributed by atoms with Crippen LogP contribution in [0.5, 0.6) is 0 Å². The molecule has 0 aromatic rings. The van der Waals surface area contributed by atoms with Crippen molar-refractivity contribution >= 4 is 5.97 Å². The van der Waals surface area contributed by atoms with Crippen molar-refractivity contribution in [2.45, 2.75) is 38.2 Å². The zero-order valence-corrected chi connectivity index (χ0v) is 8.94. The van der Waals surface area contributed by atoms with E-state index in [1.54, 1.807) is 6.92 Å². The summed E-state index contributed by atoms with van der Waals surface area (Å²) in [7, 11) is 0. The van der Waals surface area contributed by atoms with Gasteiger partial charge in [0.25, 0.3) is 0 Å². The van der Waals surface area contributed by atoms with Crippen molar-refractivity contribution in [3.63, 3.8) is 0 Å². The SMILES string of the molecule is CCOC(=O)C1CCC(CO)(OO)CC1. The number of carbonyl (C=O) groups is 1. The molecule has 88 valence electrons. The van der Waals surface area contributed by atoms with Gasteiger partial charge < -0.3 is 9.84 Å². The largest absolute Gasteiger partial charge is 0.466 e. The van der Waals surface area contributed by atoms with Gasteiger partial charge in [-0.25, -0.2) is 4.89 Å². The Morgan fingerprint density at radius 3 is 2.47 bits per heavy atom. The van der Waals surface area contributed by atoms with Crippen LogP contribution < -0.4 is 0 Å². The quantitative estimate of drug-likeness (QED) is 0.417. The Morgan fingerprint density at radius 1 is 1.47 bits per heavy atom. The smallest absolute Gasteiger partial charge is 0.308 e. The molecule has 5 heteroatoms. The molecule has 0 spiro atoms. The van der Waals surface area contributed by atoms with Crippen molar-refractivity contribution in [2.24, 2.45) is 5.92 Å². The number of aliphatic hydroxyl groups excluding tert-OH is 1. The first-order valence-electron chi connectivity index (χ1n) is 5.27. The Balaban J connectivity index is 2.44. The van der Waals surface area contributed by atoms with Crippen LogP contribution in [0.4, 0.5) is 0 Å². The van der Waals surface area contributed by atoms with Crippen LogP contribution in [0.2, 0.25) is 0 Å². The van der Waals surface area contributed by atoms with Gasteiger partial charge in [-0.05, 0) is 32.6 Å². The van der Waals surface area contributed by atoms with Gasteiger partial charge in [-0.1, -0.05) is 0 Å². The van der Waals surface area contributed by atoms with Crippen molar-refractivity contribution in [2.75, 3.05) is 13.2 Å². The molecule has 0 aromatic heterocycles. The average Bonchev–Trinajstić information content (AvgIpc) is 2.29. The summed E-state index contributed by atoms with van der Waals surface area (Å²) in [5.74, 6) is -0.318. The molecule has 0 aromatic carbocycles. The lowest BCUT2D eigenvalue weighted by molar-refractivity contribution is -0.339. The maximum atomic E-state index is 11.4. The van der Waals surface area contributed by atoms with Crippen molar-refractivity contribution in [3.05, 3.63) is 0 Å². The minimum Gasteiger partial charge on any atom is -0.466 e. The Bertz CT molecular complexity index is 202. The monoisotopic (exact) mass is 218 g/mol. The number of ether oxygens (including phenoxy) is 1. The van der Waals surface area contributed by atoms with Crippen LogP contribution >= 0.6 is 0 Å². The van der Waals surface area contributed by atoms with Crippen molar-refractivity contribution in [1.29, 1.82) is 0 Å². The lowest BCUT2D eigenvalue weighted by Gasteiger charge is -2.34. The zero-order valence-electron chi connectivity index (χ0n) is 8.94. The molecular weight excluding hydrogens is 200 g/mol. The molecule has 1 fully saturated rings. The van der Waals surface area contributed by atoms with E-state index in [4.69, 9.17) is 15.1 Å². The lowest BCUT2D eigenvalue weighted by atomic mass is 9.79. The summed E-state index contributed by atoms with van der Waals surface area (Å²) in [6, 6.07) is 0. The molecule has 1 aliphatic rings. The predicted octanol–water partition coefficient (Wildman–Crippen LogP) is 0.960. The number of aliphatic hydroxyl groups is 1. The highest BCUT2D eigenvalue weighted by Crippen LogP contribution is 2.34. The number of esters is 1. The number of rotatable bonds is 4. The lowest BCUT2D eigenvalue weighted by Crippen LogP contribution is -2.41. The molecule has 0 unspecified atom stereocenters. The van der Waals surface area contributed by atoms with Gasteiger partial charge in [0.05, 0.1) is 19.1 Å². The number of hydrogen-bond donors (Lipinski definition) is 2. The minimum absolute atomic E-state index is 0.125. The molecular formula is C10H18O5. The van der Waals surface area contributed by atoms with E-state index in [-0.39, 0.29) is 18.5 Å². The van der Waals surface area contributed by atoms with E-state index in [0.29, 0.717) is 32.3 Å². The first kappa shape index (κ1) is 12.4. The van der Waals surface area contributed by atoms with Gasteiger partial charge in [0.15, 0.2) is 0 Å². The van der Waals surface area contributed by atoms with Crippen LogP contribution in [0.1, 0.15) is 32.6 Å². The molecule has 1 rings (SSSR count). The summed E-state index contributed by atoms with van der Waals surface area (Å²) in [4.78, 5) is 15.7. The van der Waals surface area contributed by atoms with E-state index in [2.05, 4.69) is 4.89 Å². The normalized spacial score (nSPS) is 31.3. The van der Waals surface area contributed by atoms with Gasteiger partial charge in [-0.15, -0.1) is 0 Å². The van der Waals surface area contributed by atoms with Gasteiger partial charge >= 0.3 is 5.97 Å². The fourth-order valence-corrected chi connectivity index (χ4v) is 1.92. The summed E-state index contributed by atoms with van der Waals surface area (Å²) >= 11 is 0. The van der Waals surface area contributed by atoms with E-state index in [0.717, 1.165) is 0 Å². The summed E-state index contributed by atoms with van der Waals surface area (Å²) in [6.45, 7) is 1.94. The maximum Gasteiger partial charge on any atom is 0.308 e. The van der Waals surface area contributed by atoms with E-state index in [9.17, 15) is 4.79 Å². The van der Waals surface area contributed by atoms with Crippen molar-refractivity contribution in [3.8, 4) is 0 Å². The zero-order chi connectivity index (χ0) is 11.3. The summed E-state index contributed by atoms with van der Waals surface area (Å²) in [5.41, 5.74) is -0.872. The maximum absolute atomic E-state index is 11.4. The van der Waals surface area contributed by atoms with Crippen LogP contribution in [0.25, 0.3) is 0 Å². The van der Waals surface area contributed by atoms with Gasteiger partial charge in [-0.2, -0.15) is 0 Å². The van der Waals surface area contributed by atoms with Crippen molar-refractivity contribution < 1.29 is 24.8 Å². The molecule has 2 N–H and O–H groups in total. The average molecular weight is 218 g/mol. The first-order valence-corrected chi connectivity index (χ1v) is 5.27. The third kappa shape index (κ3) is 2.90. The summed E-state index contributed by atoms with van der Waals surface area (Å²) < 4.78 is 4.91. The molecule has 0 radical (unpaired) electrons. The second-order valence-electron chi connectivity index (χ2n) is 3.96. The Kier molecular flexibility index (Phi) is 4.50. The second-order valence-corrected chi connectivity index (χ2v) is 3.96. The van der Waals surface area contributed by atoms with Crippen molar-refractivity contribution in [1.82, 2.24) is 0 Å². The number of carbonyl (C=O) groups excluding carboxylic acids is 1. The summed E-state index contributed by atoms with van der Waals surface area (Å²) in [5, 5.41) is 17.8. The van der Waals surface area contributed by atoms with Gasteiger partial charge in [0.1, 0.15) is 5.60 Å². The first-order chi connectivity index (χ1) is 7.17. The van der Waals surface area contributed by atoms with Gasteiger partial charge in [0.2, 0.25) is 0 Å². The molecule has 15 heavy (non-hydrogen) atoms. The Labute approximate surface area is 88.9 Å². The topological polar surface area (TPSA) is 76.0 Å². The highest BCUT2D eigenvalue weighted by Gasteiger charge is 2.39. The fourth-order valence-electron chi connectivity index (χ4n) is 1.92. The third-order valence-corrected chi connectivity index (χ3v) is 3.00. The van der Waals surface area contributed by atoms with E-state index in [1.807, 2.05) is 0 Å². The predicted molar refractivity (Wildman–Crippen MR) is 52.1 cm³/mol. The van der Waals surface area contributed by atoms with Crippen LogP contribution in [0.15, 0.2) is 0 Å². The van der Waals surface area contributed by atoms with Gasteiger partial charge in [-0.3, -0.25) is 10.1 Å². The minimum atomic E-state index is -0.872. The molecule has 0 heterocycles. The van der Waals surface area contributed by atoms with Gasteiger partial charge in [0, 0.05) is 0 Å². The molecule has 1 saturated carbocycles. The van der Waals surface area contributed by atoms with Crippen LogP contribution in [-0.2, 0) is 14.4 Å². The standard InChI is InChI=1S/C10H18O5/c1-2-14-9(12)8-3-5-10(7-11,15-13)6-4-8/h8,11,13H,2-7H2,1H3. The molecule has 0 atom stereocenters. The number of hydrogen-bond acceptors (Lipinski definition) is 5. The van der Waals surface area contributed by atoms with E-state index in [1.165, 1.54) is 0 Å². The van der Waals surface area contributed by atoms with E-state index >= 15 is 0 Å². The highest BCUT2D eigenvalue weighted by molar-refractivity contribution is 5.72. The summed E-state index contributed by atoms with van der Waals surface area (Å²) in [6.07, 6.45) is 2.12. The molecule has 0 bridgehead atoms. The Hall–Kier alpha value is -0.650. The Morgan fingerprint density at radius 2 is 2.07 bits per heavy atom. The fraction of sp³-hybridized carbons (Fsp3) is 0.900. The third-order valence-electron chi connectivity index (χ3n) is 3.00. The van der Waals surface area contributed by atoms with Crippen LogP contribution in [-0.4, -0.2) is 35.1 Å². The molecule has 0 aliphatic heterocycles. The molecule has 0 saturated heterocycles. The molecule has 0 amide bonds. The second kappa shape index (κ2) is 5.44. The van der Waals surface area contributed by atoms with E-state index < -0.39 is 5.60 Å². The van der Waals surface area contributed by atoms with Crippen LogP contribution in [0, 0.1) is 5.92 Å². The molecule has 1 aliphatic carbocycles.